The zero-order chi connectivity index (χ0) is 20.6. The van der Waals surface area contributed by atoms with Gasteiger partial charge in [-0.25, -0.2) is 0 Å². The Kier molecular flexibility index (Phi) is 5.97. The summed E-state index contributed by atoms with van der Waals surface area (Å²) in [5.41, 5.74) is 0.0535. The standard InChI is InChI=1S/C24H31BrO4/c1-2-24(28)12-9-21-20-6-4-16-14-17(26)5-7-18(16)19(20)8-11-23(21,24)10-3-13-29-22(27)15-25/h1,14,18-21,28H,3-13,15H2/t18-,19+,20+,21-,23-,24-/m0/s1. The Morgan fingerprint density at radius 3 is 2.83 bits per heavy atom. The van der Waals surface area contributed by atoms with Crippen LogP contribution in [0.5, 0.6) is 0 Å². The highest BCUT2D eigenvalue weighted by atomic mass is 79.9. The number of hydrogen-bond acceptors (Lipinski definition) is 4. The second kappa shape index (κ2) is 8.19. The van der Waals surface area contributed by atoms with Crippen LogP contribution in [0.3, 0.4) is 0 Å². The monoisotopic (exact) mass is 462 g/mol. The van der Waals surface area contributed by atoms with Crippen molar-refractivity contribution in [2.45, 2.75) is 69.8 Å². The quantitative estimate of drug-likeness (QED) is 0.288. The van der Waals surface area contributed by atoms with Crippen molar-refractivity contribution in [1.29, 1.82) is 0 Å². The number of halogens is 1. The van der Waals surface area contributed by atoms with Gasteiger partial charge in [-0.15, -0.1) is 6.42 Å². The van der Waals surface area contributed by atoms with E-state index >= 15 is 0 Å². The molecule has 0 bridgehead atoms. The third-order valence-corrected chi connectivity index (χ3v) is 8.98. The van der Waals surface area contributed by atoms with Gasteiger partial charge in [0.15, 0.2) is 5.78 Å². The van der Waals surface area contributed by atoms with E-state index in [1.54, 1.807) is 0 Å². The van der Waals surface area contributed by atoms with Gasteiger partial charge in [0.05, 0.1) is 6.61 Å². The molecule has 6 atom stereocenters. The smallest absolute Gasteiger partial charge is 0.316 e. The van der Waals surface area contributed by atoms with Crippen LogP contribution in [0.4, 0.5) is 0 Å². The predicted molar refractivity (Wildman–Crippen MR) is 114 cm³/mol. The van der Waals surface area contributed by atoms with Crippen LogP contribution in [0.1, 0.15) is 64.2 Å². The number of aliphatic hydroxyl groups is 1. The van der Waals surface area contributed by atoms with Gasteiger partial charge in [-0.3, -0.25) is 9.59 Å². The first-order chi connectivity index (χ1) is 13.9. The van der Waals surface area contributed by atoms with Gasteiger partial charge in [0, 0.05) is 11.8 Å². The van der Waals surface area contributed by atoms with Crippen LogP contribution in [0.15, 0.2) is 11.6 Å². The molecule has 0 heterocycles. The molecule has 0 unspecified atom stereocenters. The highest BCUT2D eigenvalue weighted by molar-refractivity contribution is 9.09. The number of alkyl halides is 1. The summed E-state index contributed by atoms with van der Waals surface area (Å²) in [5, 5.41) is 11.7. The van der Waals surface area contributed by atoms with E-state index in [1.807, 2.05) is 6.08 Å². The van der Waals surface area contributed by atoms with Gasteiger partial charge in [0.25, 0.3) is 0 Å². The fourth-order valence-electron chi connectivity index (χ4n) is 7.36. The molecule has 29 heavy (non-hydrogen) atoms. The van der Waals surface area contributed by atoms with Crippen molar-refractivity contribution in [1.82, 2.24) is 0 Å². The van der Waals surface area contributed by atoms with E-state index in [1.165, 1.54) is 5.57 Å². The van der Waals surface area contributed by atoms with E-state index in [2.05, 4.69) is 21.9 Å². The third kappa shape index (κ3) is 3.51. The summed E-state index contributed by atoms with van der Waals surface area (Å²) in [6.07, 6.45) is 16.8. The van der Waals surface area contributed by atoms with Crippen LogP contribution < -0.4 is 0 Å². The molecule has 0 aliphatic heterocycles. The molecule has 1 N–H and O–H groups in total. The number of ketones is 1. The average Bonchev–Trinajstić information content (AvgIpc) is 3.04. The molecule has 3 saturated carbocycles. The number of esters is 1. The Balaban J connectivity index is 1.54. The van der Waals surface area contributed by atoms with Crippen molar-refractivity contribution in [3.8, 4) is 12.3 Å². The Morgan fingerprint density at radius 2 is 2.07 bits per heavy atom. The molecular weight excluding hydrogens is 432 g/mol. The van der Waals surface area contributed by atoms with Gasteiger partial charge in [-0.1, -0.05) is 27.4 Å². The molecule has 0 aromatic carbocycles. The highest BCUT2D eigenvalue weighted by Crippen LogP contribution is 2.66. The maximum absolute atomic E-state index is 11.9. The number of allylic oxidation sites excluding steroid dienone is 1. The zero-order valence-electron chi connectivity index (χ0n) is 17.0. The minimum absolute atomic E-state index is 0.207. The number of hydrogen-bond donors (Lipinski definition) is 1. The van der Waals surface area contributed by atoms with E-state index in [0.29, 0.717) is 48.9 Å². The van der Waals surface area contributed by atoms with E-state index in [-0.39, 0.29) is 16.7 Å². The Hall–Kier alpha value is -1.12. The molecule has 0 aromatic heterocycles. The summed E-state index contributed by atoms with van der Waals surface area (Å²) in [6.45, 7) is 0.380. The lowest BCUT2D eigenvalue weighted by molar-refractivity contribution is -0.141. The van der Waals surface area contributed by atoms with E-state index in [0.717, 1.165) is 51.4 Å². The van der Waals surface area contributed by atoms with Gasteiger partial charge in [-0.05, 0) is 87.5 Å². The molecule has 4 nitrogen and oxygen atoms in total. The first-order valence-corrected chi connectivity index (χ1v) is 12.2. The molecular formula is C24H31BrO4. The summed E-state index contributed by atoms with van der Waals surface area (Å²) in [5.74, 6) is 4.99. The molecule has 4 aliphatic carbocycles. The Morgan fingerprint density at radius 1 is 1.24 bits per heavy atom. The van der Waals surface area contributed by atoms with E-state index in [9.17, 15) is 14.7 Å². The largest absolute Gasteiger partial charge is 0.465 e. The summed E-state index contributed by atoms with van der Waals surface area (Å²) in [6, 6.07) is 0. The molecule has 0 radical (unpaired) electrons. The number of fused-ring (bicyclic) bond motifs is 5. The SMILES string of the molecule is C#C[C@]1(O)CC[C@H]2[C@@H]3CCC4=CC(=O)CC[C@@H]4[C@H]3CC[C@@]21CCCOC(=O)CBr. The van der Waals surface area contributed by atoms with Crippen LogP contribution >= 0.6 is 15.9 Å². The van der Waals surface area contributed by atoms with Crippen molar-refractivity contribution in [3.63, 3.8) is 0 Å². The maximum atomic E-state index is 11.9. The first-order valence-electron chi connectivity index (χ1n) is 11.1. The van der Waals surface area contributed by atoms with Gasteiger partial charge >= 0.3 is 5.97 Å². The number of carbonyl (C=O) groups is 2. The van der Waals surface area contributed by atoms with Crippen LogP contribution in [0, 0.1) is 41.4 Å². The number of carbonyl (C=O) groups excluding carboxylic acids is 2. The van der Waals surface area contributed by atoms with E-state index in [4.69, 9.17) is 11.2 Å². The summed E-state index contributed by atoms with van der Waals surface area (Å²) in [4.78, 5) is 23.3. The molecule has 0 aromatic rings. The molecule has 5 heteroatoms. The third-order valence-electron chi connectivity index (χ3n) is 8.53. The summed E-state index contributed by atoms with van der Waals surface area (Å²) < 4.78 is 5.26. The van der Waals surface area contributed by atoms with Crippen LogP contribution in [0.2, 0.25) is 0 Å². The van der Waals surface area contributed by atoms with Crippen LogP contribution in [-0.4, -0.2) is 34.4 Å². The molecule has 158 valence electrons. The van der Waals surface area contributed by atoms with Gasteiger partial charge < -0.3 is 9.84 Å². The summed E-state index contributed by atoms with van der Waals surface area (Å²) >= 11 is 3.12. The molecule has 4 rings (SSSR count). The van der Waals surface area contributed by atoms with Gasteiger partial charge in [-0.2, -0.15) is 0 Å². The van der Waals surface area contributed by atoms with Gasteiger partial charge in [0.2, 0.25) is 0 Å². The molecule has 4 aliphatic rings. The van der Waals surface area contributed by atoms with E-state index < -0.39 is 5.60 Å². The Bertz CT molecular complexity index is 752. The lowest BCUT2D eigenvalue weighted by Gasteiger charge is -2.56. The van der Waals surface area contributed by atoms with Crippen molar-refractivity contribution in [2.24, 2.45) is 29.1 Å². The minimum atomic E-state index is -1.05. The second-order valence-electron chi connectivity index (χ2n) is 9.50. The first kappa shape index (κ1) is 21.1. The molecule has 0 saturated heterocycles. The normalized spacial score (nSPS) is 40.9. The zero-order valence-corrected chi connectivity index (χ0v) is 18.6. The Labute approximate surface area is 182 Å². The highest BCUT2D eigenvalue weighted by Gasteiger charge is 2.63. The van der Waals surface area contributed by atoms with Crippen molar-refractivity contribution >= 4 is 27.7 Å². The number of rotatable bonds is 5. The van der Waals surface area contributed by atoms with Gasteiger partial charge in [0.1, 0.15) is 10.9 Å². The van der Waals surface area contributed by atoms with Crippen molar-refractivity contribution < 1.29 is 19.4 Å². The average molecular weight is 463 g/mol. The molecule has 3 fully saturated rings. The van der Waals surface area contributed by atoms with Crippen molar-refractivity contribution in [3.05, 3.63) is 11.6 Å². The fourth-order valence-corrected chi connectivity index (χ4v) is 7.52. The fraction of sp³-hybridized carbons (Fsp3) is 0.750. The van der Waals surface area contributed by atoms with Crippen LogP contribution in [-0.2, 0) is 14.3 Å². The minimum Gasteiger partial charge on any atom is -0.465 e. The maximum Gasteiger partial charge on any atom is 0.316 e. The lowest BCUT2D eigenvalue weighted by atomic mass is 9.49. The second-order valence-corrected chi connectivity index (χ2v) is 10.1. The van der Waals surface area contributed by atoms with Crippen molar-refractivity contribution in [2.75, 3.05) is 11.9 Å². The topological polar surface area (TPSA) is 63.6 Å². The molecule has 0 spiro atoms. The molecule has 0 amide bonds. The summed E-state index contributed by atoms with van der Waals surface area (Å²) in [7, 11) is 0. The predicted octanol–water partition coefficient (Wildman–Crippen LogP) is 4.19. The number of terminal acetylenes is 1. The number of ether oxygens (including phenoxy) is 1. The lowest BCUT2D eigenvalue weighted by Crippen LogP contribution is -2.53. The van der Waals surface area contributed by atoms with Crippen LogP contribution in [0.25, 0.3) is 0 Å².